The minimum atomic E-state index is -0.779. The van der Waals surface area contributed by atoms with Gasteiger partial charge in [-0.3, -0.25) is 11.3 Å². The predicted octanol–water partition coefficient (Wildman–Crippen LogP) is 3.40. The van der Waals surface area contributed by atoms with Crippen molar-refractivity contribution in [2.24, 2.45) is 5.84 Å². The van der Waals surface area contributed by atoms with Gasteiger partial charge in [0.1, 0.15) is 0 Å². The highest BCUT2D eigenvalue weighted by molar-refractivity contribution is 8.07. The molecular formula is C14H20F2N2S2. The Balaban J connectivity index is 2.34. The molecule has 3 N–H and O–H groups in total. The molecule has 0 radical (unpaired) electrons. The van der Waals surface area contributed by atoms with Crippen molar-refractivity contribution in [1.82, 2.24) is 5.43 Å². The number of thioether (sulfide) groups is 2. The zero-order valence-electron chi connectivity index (χ0n) is 11.7. The van der Waals surface area contributed by atoms with Crippen LogP contribution >= 0.6 is 23.5 Å². The van der Waals surface area contributed by atoms with Crippen LogP contribution in [-0.2, 0) is 0 Å². The first-order valence-corrected chi connectivity index (χ1v) is 8.83. The summed E-state index contributed by atoms with van der Waals surface area (Å²) in [4.78, 5) is 0. The van der Waals surface area contributed by atoms with Crippen molar-refractivity contribution in [3.8, 4) is 0 Å². The summed E-state index contributed by atoms with van der Waals surface area (Å²) >= 11 is 3.68. The topological polar surface area (TPSA) is 38.0 Å². The quantitative estimate of drug-likeness (QED) is 0.659. The van der Waals surface area contributed by atoms with E-state index in [0.717, 1.165) is 17.9 Å². The fourth-order valence-corrected chi connectivity index (χ4v) is 5.73. The largest absolute Gasteiger partial charge is 0.271 e. The molecule has 112 valence electrons. The van der Waals surface area contributed by atoms with Gasteiger partial charge in [-0.2, -0.15) is 23.5 Å². The van der Waals surface area contributed by atoms with Crippen LogP contribution in [0.5, 0.6) is 0 Å². The minimum Gasteiger partial charge on any atom is -0.271 e. The molecule has 1 heterocycles. The van der Waals surface area contributed by atoms with E-state index >= 15 is 0 Å². The lowest BCUT2D eigenvalue weighted by Crippen LogP contribution is -2.42. The van der Waals surface area contributed by atoms with Gasteiger partial charge in [0.2, 0.25) is 0 Å². The molecule has 0 bridgehead atoms. The van der Waals surface area contributed by atoms with Gasteiger partial charge < -0.3 is 0 Å². The van der Waals surface area contributed by atoms with Crippen molar-refractivity contribution < 1.29 is 8.78 Å². The molecule has 3 atom stereocenters. The lowest BCUT2D eigenvalue weighted by Gasteiger charge is -2.36. The van der Waals surface area contributed by atoms with Crippen LogP contribution < -0.4 is 11.3 Å². The fraction of sp³-hybridized carbons (Fsp3) is 0.571. The third kappa shape index (κ3) is 3.13. The Bertz CT molecular complexity index is 471. The van der Waals surface area contributed by atoms with E-state index < -0.39 is 11.6 Å². The number of aryl methyl sites for hydroxylation is 1. The van der Waals surface area contributed by atoms with Crippen LogP contribution in [0, 0.1) is 18.6 Å². The zero-order chi connectivity index (χ0) is 14.7. The molecule has 0 aromatic heterocycles. The van der Waals surface area contributed by atoms with Gasteiger partial charge in [0.05, 0.1) is 6.04 Å². The highest BCUT2D eigenvalue weighted by Gasteiger charge is 2.34. The van der Waals surface area contributed by atoms with Gasteiger partial charge in [0, 0.05) is 27.6 Å². The summed E-state index contributed by atoms with van der Waals surface area (Å²) in [6.45, 7) is 3.68. The third-order valence-electron chi connectivity index (χ3n) is 3.64. The van der Waals surface area contributed by atoms with Gasteiger partial charge in [0.25, 0.3) is 0 Å². The Kier molecular flexibility index (Phi) is 5.72. The van der Waals surface area contributed by atoms with Gasteiger partial charge in [-0.1, -0.05) is 19.1 Å². The summed E-state index contributed by atoms with van der Waals surface area (Å²) in [7, 11) is 0. The lowest BCUT2D eigenvalue weighted by atomic mass is 9.98. The number of hydrazine groups is 1. The van der Waals surface area contributed by atoms with Crippen LogP contribution in [0.15, 0.2) is 12.1 Å². The van der Waals surface area contributed by atoms with E-state index in [1.807, 2.05) is 11.8 Å². The Hall–Kier alpha value is -0.300. The van der Waals surface area contributed by atoms with Crippen LogP contribution in [-0.4, -0.2) is 22.0 Å². The molecule has 1 saturated heterocycles. The number of benzene rings is 1. The molecule has 0 aliphatic carbocycles. The predicted molar refractivity (Wildman–Crippen MR) is 83.9 cm³/mol. The molecule has 2 rings (SSSR count). The van der Waals surface area contributed by atoms with Gasteiger partial charge in [-0.15, -0.1) is 0 Å². The summed E-state index contributed by atoms with van der Waals surface area (Å²) in [5, 5.41) is 0.555. The first-order chi connectivity index (χ1) is 9.60. The van der Waals surface area contributed by atoms with Crippen LogP contribution in [0.2, 0.25) is 0 Å². The fourth-order valence-electron chi connectivity index (χ4n) is 2.51. The van der Waals surface area contributed by atoms with Gasteiger partial charge in [-0.05, 0) is 18.9 Å². The lowest BCUT2D eigenvalue weighted by molar-refractivity contribution is 0.450. The molecule has 1 aliphatic rings. The average Bonchev–Trinajstić information content (AvgIpc) is 2.48. The highest BCUT2D eigenvalue weighted by Crippen LogP contribution is 2.40. The third-order valence-corrected chi connectivity index (χ3v) is 6.99. The number of halogens is 2. The van der Waals surface area contributed by atoms with Gasteiger partial charge >= 0.3 is 0 Å². The van der Waals surface area contributed by atoms with E-state index in [1.165, 1.54) is 0 Å². The minimum absolute atomic E-state index is 0.153. The SMILES string of the molecule is CCC1SCCSC1C(NN)c1ccc(C)c(F)c1F. The molecule has 2 nitrogen and oxygen atoms in total. The van der Waals surface area contributed by atoms with Crippen LogP contribution in [0.3, 0.4) is 0 Å². The summed E-state index contributed by atoms with van der Waals surface area (Å²) in [6.07, 6.45) is 0.997. The molecule has 6 heteroatoms. The summed E-state index contributed by atoms with van der Waals surface area (Å²) in [5.74, 6) is 6.21. The van der Waals surface area contributed by atoms with Crippen molar-refractivity contribution in [2.75, 3.05) is 11.5 Å². The molecule has 3 unspecified atom stereocenters. The first-order valence-electron chi connectivity index (χ1n) is 6.74. The number of hydrogen-bond acceptors (Lipinski definition) is 4. The van der Waals surface area contributed by atoms with E-state index in [-0.39, 0.29) is 11.3 Å². The second-order valence-electron chi connectivity index (χ2n) is 4.90. The van der Waals surface area contributed by atoms with Gasteiger partial charge in [-0.25, -0.2) is 8.78 Å². The van der Waals surface area contributed by atoms with Crippen molar-refractivity contribution in [1.29, 1.82) is 0 Å². The second kappa shape index (κ2) is 7.11. The van der Waals surface area contributed by atoms with Crippen LogP contribution in [0.4, 0.5) is 8.78 Å². The van der Waals surface area contributed by atoms with E-state index in [4.69, 9.17) is 5.84 Å². The van der Waals surface area contributed by atoms with Crippen molar-refractivity contribution in [3.63, 3.8) is 0 Å². The maximum absolute atomic E-state index is 14.2. The summed E-state index contributed by atoms with van der Waals surface area (Å²) < 4.78 is 28.0. The number of rotatable bonds is 4. The Morgan fingerprint density at radius 3 is 2.65 bits per heavy atom. The molecule has 1 aromatic rings. The maximum Gasteiger partial charge on any atom is 0.163 e. The van der Waals surface area contributed by atoms with E-state index in [0.29, 0.717) is 16.4 Å². The average molecular weight is 318 g/mol. The van der Waals surface area contributed by atoms with Crippen molar-refractivity contribution >= 4 is 23.5 Å². The molecule has 1 aliphatic heterocycles. The van der Waals surface area contributed by atoms with Crippen LogP contribution in [0.25, 0.3) is 0 Å². The molecule has 1 fully saturated rings. The number of nitrogens with two attached hydrogens (primary N) is 1. The summed E-state index contributed by atoms with van der Waals surface area (Å²) in [6, 6.07) is 2.89. The number of hydrogen-bond donors (Lipinski definition) is 2. The Morgan fingerprint density at radius 2 is 2.00 bits per heavy atom. The first kappa shape index (κ1) is 16.1. The van der Waals surface area contributed by atoms with E-state index in [1.54, 1.807) is 30.8 Å². The maximum atomic E-state index is 14.2. The molecule has 20 heavy (non-hydrogen) atoms. The standard InChI is InChI=1S/C14H20F2N2S2/c1-3-10-14(20-7-6-19-10)13(18-17)9-5-4-8(2)11(15)12(9)16/h4-5,10,13-14,18H,3,6-7,17H2,1-2H3. The second-order valence-corrected chi connectivity index (χ2v) is 7.53. The highest BCUT2D eigenvalue weighted by atomic mass is 32.2. The Morgan fingerprint density at radius 1 is 1.30 bits per heavy atom. The van der Waals surface area contributed by atoms with Crippen molar-refractivity contribution in [3.05, 3.63) is 34.9 Å². The van der Waals surface area contributed by atoms with Gasteiger partial charge in [0.15, 0.2) is 11.6 Å². The zero-order valence-corrected chi connectivity index (χ0v) is 13.3. The molecule has 1 aromatic carbocycles. The normalized spacial score (nSPS) is 24.6. The van der Waals surface area contributed by atoms with E-state index in [2.05, 4.69) is 12.3 Å². The molecule has 0 amide bonds. The monoisotopic (exact) mass is 318 g/mol. The van der Waals surface area contributed by atoms with Crippen LogP contribution in [0.1, 0.15) is 30.5 Å². The molecule has 0 saturated carbocycles. The number of nitrogens with one attached hydrogen (secondary N) is 1. The molecular weight excluding hydrogens is 298 g/mol. The van der Waals surface area contributed by atoms with Crippen molar-refractivity contribution in [2.45, 2.75) is 36.8 Å². The smallest absolute Gasteiger partial charge is 0.163 e. The Labute approximate surface area is 127 Å². The molecule has 0 spiro atoms. The summed E-state index contributed by atoms with van der Waals surface area (Å²) in [5.41, 5.74) is 3.35. The van der Waals surface area contributed by atoms with E-state index in [9.17, 15) is 8.78 Å².